The molecule has 0 N–H and O–H groups in total. The summed E-state index contributed by atoms with van der Waals surface area (Å²) in [6.07, 6.45) is -2.53. The molecule has 292 valence electrons. The summed E-state index contributed by atoms with van der Waals surface area (Å²) in [6, 6.07) is 23.6. The standard InChI is InChI=1S/C41H41Cl2F3N6O3Si/c1-25-18-34-31(23-50(25)38(53)27-16-17-32(42)33(43)19-27)37-39(54)51(26(2)35-20-48-36(21-47-35)41(44,45)46)22-28(52(37)49-34)24-55-56(40(3,4)5,29-12-8-6-9-13-29)30-14-10-7-11-15-30/h6-17,19-21,25-26,28H,18,22-24H2,1-5H3/t25-,26?,28+/m1/s1. The lowest BCUT2D eigenvalue weighted by molar-refractivity contribution is -0.141. The van der Waals surface area contributed by atoms with Crippen molar-refractivity contribution in [3.63, 3.8) is 0 Å². The molecule has 0 aliphatic carbocycles. The fourth-order valence-electron chi connectivity index (χ4n) is 7.94. The molecule has 2 aliphatic heterocycles. The normalized spacial score (nSPS) is 18.1. The van der Waals surface area contributed by atoms with E-state index in [1.165, 1.54) is 6.07 Å². The number of alkyl halides is 3. The molecule has 0 spiro atoms. The Morgan fingerprint density at radius 2 is 1.59 bits per heavy atom. The van der Waals surface area contributed by atoms with E-state index < -0.39 is 32.3 Å². The number of halogens is 5. The topological polar surface area (TPSA) is 93.4 Å². The van der Waals surface area contributed by atoms with Gasteiger partial charge >= 0.3 is 6.18 Å². The van der Waals surface area contributed by atoms with Crippen molar-refractivity contribution in [3.8, 4) is 0 Å². The van der Waals surface area contributed by atoms with Gasteiger partial charge in [-0.1, -0.05) is 105 Å². The zero-order valence-electron chi connectivity index (χ0n) is 31.5. The van der Waals surface area contributed by atoms with Crippen molar-refractivity contribution in [3.05, 3.63) is 135 Å². The SMILES string of the molecule is CC(c1cnc(C(F)(F)F)cn1)N1C[C@@H](CO[Si](c2ccccc2)(c2ccccc2)C(C)(C)C)n2nc3c(c2C1=O)CN(C(=O)c1ccc(Cl)c(Cl)c1)[C@H](C)C3. The smallest absolute Gasteiger partial charge is 0.405 e. The Bertz CT molecular complexity index is 2210. The van der Waals surface area contributed by atoms with Crippen LogP contribution in [0.25, 0.3) is 0 Å². The average Bonchev–Trinajstić information content (AvgIpc) is 3.55. The van der Waals surface area contributed by atoms with Gasteiger partial charge in [0, 0.05) is 30.1 Å². The van der Waals surface area contributed by atoms with Gasteiger partial charge < -0.3 is 14.2 Å². The zero-order valence-corrected chi connectivity index (χ0v) is 34.0. The van der Waals surface area contributed by atoms with Crippen LogP contribution >= 0.6 is 23.2 Å². The van der Waals surface area contributed by atoms with Gasteiger partial charge in [-0.3, -0.25) is 19.3 Å². The molecule has 5 aromatic rings. The highest BCUT2D eigenvalue weighted by Gasteiger charge is 2.51. The van der Waals surface area contributed by atoms with E-state index in [0.29, 0.717) is 40.2 Å². The van der Waals surface area contributed by atoms with Crippen LogP contribution < -0.4 is 10.4 Å². The van der Waals surface area contributed by atoms with Gasteiger partial charge in [-0.25, -0.2) is 4.98 Å². The Morgan fingerprint density at radius 3 is 2.14 bits per heavy atom. The second-order valence-corrected chi connectivity index (χ2v) is 20.5. The van der Waals surface area contributed by atoms with Crippen LogP contribution in [0.2, 0.25) is 15.1 Å². The van der Waals surface area contributed by atoms with Crippen LogP contribution in [0.4, 0.5) is 13.2 Å². The average molecular weight is 822 g/mol. The molecule has 0 bridgehead atoms. The Kier molecular flexibility index (Phi) is 10.7. The third kappa shape index (κ3) is 7.14. The number of rotatable bonds is 8. The first kappa shape index (κ1) is 39.7. The molecule has 1 unspecified atom stereocenters. The first-order valence-corrected chi connectivity index (χ1v) is 21.0. The summed E-state index contributed by atoms with van der Waals surface area (Å²) >= 11 is 12.4. The number of carbonyl (C=O) groups excluding carboxylic acids is 2. The third-order valence-corrected chi connectivity index (χ3v) is 16.6. The van der Waals surface area contributed by atoms with E-state index in [1.807, 2.05) is 43.3 Å². The molecule has 56 heavy (non-hydrogen) atoms. The largest absolute Gasteiger partial charge is 0.434 e. The number of carbonyl (C=O) groups is 2. The molecule has 2 aliphatic rings. The minimum atomic E-state index is -4.66. The van der Waals surface area contributed by atoms with Crippen LogP contribution in [0, 0.1) is 0 Å². The number of aromatic nitrogens is 4. The van der Waals surface area contributed by atoms with Gasteiger partial charge in [-0.05, 0) is 47.5 Å². The molecule has 7 rings (SSSR count). The fraction of sp³-hybridized carbons (Fsp3) is 0.341. The van der Waals surface area contributed by atoms with Crippen LogP contribution in [0.5, 0.6) is 0 Å². The second-order valence-electron chi connectivity index (χ2n) is 15.4. The Morgan fingerprint density at radius 1 is 0.946 bits per heavy atom. The third-order valence-electron chi connectivity index (χ3n) is 10.9. The predicted octanol–water partition coefficient (Wildman–Crippen LogP) is 7.92. The molecule has 0 saturated heterocycles. The quantitative estimate of drug-likeness (QED) is 0.148. The number of benzene rings is 3. The highest BCUT2D eigenvalue weighted by molar-refractivity contribution is 6.99. The van der Waals surface area contributed by atoms with Crippen molar-refractivity contribution < 1.29 is 27.2 Å². The van der Waals surface area contributed by atoms with Crippen LogP contribution in [0.3, 0.4) is 0 Å². The molecule has 0 saturated carbocycles. The van der Waals surface area contributed by atoms with Gasteiger partial charge in [0.15, 0.2) is 5.69 Å². The van der Waals surface area contributed by atoms with Crippen molar-refractivity contribution in [2.45, 2.75) is 76.9 Å². The van der Waals surface area contributed by atoms with Crippen LogP contribution in [0.15, 0.2) is 91.3 Å². The number of nitrogens with zero attached hydrogens (tertiary/aromatic N) is 6. The number of hydrogen-bond acceptors (Lipinski definition) is 6. The van der Waals surface area contributed by atoms with E-state index in [4.69, 9.17) is 32.7 Å². The minimum Gasteiger partial charge on any atom is -0.405 e. The lowest BCUT2D eigenvalue weighted by atomic mass is 9.97. The zero-order chi connectivity index (χ0) is 40.2. The highest BCUT2D eigenvalue weighted by atomic mass is 35.5. The van der Waals surface area contributed by atoms with Crippen LogP contribution in [-0.2, 0) is 23.6 Å². The summed E-state index contributed by atoms with van der Waals surface area (Å²) in [5.74, 6) is -0.659. The van der Waals surface area contributed by atoms with Crippen LogP contribution in [-0.4, -0.2) is 68.9 Å². The van der Waals surface area contributed by atoms with Crippen LogP contribution in [0.1, 0.15) is 90.2 Å². The predicted molar refractivity (Wildman–Crippen MR) is 211 cm³/mol. The lowest BCUT2D eigenvalue weighted by Gasteiger charge is -2.45. The monoisotopic (exact) mass is 820 g/mol. The first-order valence-electron chi connectivity index (χ1n) is 18.3. The van der Waals surface area contributed by atoms with Gasteiger partial charge in [0.05, 0.1) is 59.1 Å². The van der Waals surface area contributed by atoms with Crippen molar-refractivity contribution in [1.82, 2.24) is 29.5 Å². The maximum Gasteiger partial charge on any atom is 0.434 e. The van der Waals surface area contributed by atoms with Gasteiger partial charge in [0.25, 0.3) is 20.1 Å². The van der Waals surface area contributed by atoms with Crippen molar-refractivity contribution in [2.24, 2.45) is 0 Å². The molecule has 0 radical (unpaired) electrons. The fourth-order valence-corrected chi connectivity index (χ4v) is 12.8. The van der Waals surface area contributed by atoms with E-state index in [9.17, 15) is 22.8 Å². The summed E-state index contributed by atoms with van der Waals surface area (Å²) < 4.78 is 49.4. The van der Waals surface area contributed by atoms with E-state index >= 15 is 0 Å². The summed E-state index contributed by atoms with van der Waals surface area (Å²) in [4.78, 5) is 39.7. The van der Waals surface area contributed by atoms with Gasteiger partial charge in [-0.15, -0.1) is 0 Å². The first-order chi connectivity index (χ1) is 26.5. The number of hydrogen-bond donors (Lipinski definition) is 0. The maximum atomic E-state index is 14.7. The summed E-state index contributed by atoms with van der Waals surface area (Å²) in [5, 5.41) is 7.46. The summed E-state index contributed by atoms with van der Waals surface area (Å²) in [5.41, 5.74) is 1.03. The van der Waals surface area contributed by atoms with Gasteiger partial charge in [0.1, 0.15) is 5.69 Å². The van der Waals surface area contributed by atoms with Gasteiger partial charge in [-0.2, -0.15) is 18.3 Å². The maximum absolute atomic E-state index is 14.7. The second kappa shape index (κ2) is 15.1. The van der Waals surface area contributed by atoms with E-state index in [0.717, 1.165) is 16.6 Å². The highest BCUT2D eigenvalue weighted by Crippen LogP contribution is 2.40. The summed E-state index contributed by atoms with van der Waals surface area (Å²) in [6.45, 7) is 10.6. The van der Waals surface area contributed by atoms with Crippen molar-refractivity contribution in [1.29, 1.82) is 0 Å². The van der Waals surface area contributed by atoms with E-state index in [-0.39, 0.29) is 53.3 Å². The minimum absolute atomic E-state index is 0.0985. The van der Waals surface area contributed by atoms with E-state index in [2.05, 4.69) is 55.0 Å². The van der Waals surface area contributed by atoms with Crippen molar-refractivity contribution in [2.75, 3.05) is 13.2 Å². The molecule has 2 aromatic heterocycles. The Labute approximate surface area is 334 Å². The molecule has 9 nitrogen and oxygen atoms in total. The molecule has 0 fully saturated rings. The molecule has 2 amide bonds. The molecule has 3 aromatic carbocycles. The molecule has 3 atom stereocenters. The number of fused-ring (bicyclic) bond motifs is 3. The van der Waals surface area contributed by atoms with E-state index in [1.54, 1.807) is 33.5 Å². The summed E-state index contributed by atoms with van der Waals surface area (Å²) in [7, 11) is -3.05. The molecule has 4 heterocycles. The molecular weight excluding hydrogens is 780 g/mol. The van der Waals surface area contributed by atoms with Gasteiger partial charge in [0.2, 0.25) is 0 Å². The molecule has 15 heteroatoms. The Hall–Kier alpha value is -4.56. The molecular formula is C41H41Cl2F3N6O3Si. The lowest BCUT2D eigenvalue weighted by Crippen LogP contribution is -2.67. The number of amides is 2. The van der Waals surface area contributed by atoms with Crippen molar-refractivity contribution >= 4 is 53.7 Å². The Balaban J connectivity index is 1.31.